The summed E-state index contributed by atoms with van der Waals surface area (Å²) in [5.74, 6) is 0. The van der Waals surface area contributed by atoms with Crippen molar-refractivity contribution in [2.24, 2.45) is 5.73 Å². The van der Waals surface area contributed by atoms with Crippen LogP contribution in [-0.2, 0) is 13.0 Å². The minimum absolute atomic E-state index is 0.274. The van der Waals surface area contributed by atoms with Crippen LogP contribution in [0.4, 0.5) is 0 Å². The Hall–Kier alpha value is -0.450. The van der Waals surface area contributed by atoms with E-state index in [1.807, 2.05) is 13.1 Å². The highest BCUT2D eigenvalue weighted by atomic mass is 32.1. The summed E-state index contributed by atoms with van der Waals surface area (Å²) in [4.78, 5) is 7.86. The summed E-state index contributed by atoms with van der Waals surface area (Å²) in [5.41, 5.74) is 5.70. The lowest BCUT2D eigenvalue weighted by atomic mass is 10.2. The molecule has 0 aliphatic rings. The van der Waals surface area contributed by atoms with Crippen molar-refractivity contribution in [2.75, 3.05) is 14.1 Å². The smallest absolute Gasteiger partial charge is 0.0928 e. The molecule has 14 heavy (non-hydrogen) atoms. The van der Waals surface area contributed by atoms with Gasteiger partial charge in [-0.15, -0.1) is 11.3 Å². The number of thiazole rings is 1. The molecule has 0 saturated heterocycles. The first kappa shape index (κ1) is 11.6. The van der Waals surface area contributed by atoms with Crippen molar-refractivity contribution in [3.8, 4) is 0 Å². The molecule has 1 aromatic heterocycles. The van der Waals surface area contributed by atoms with Crippen molar-refractivity contribution in [1.29, 1.82) is 0 Å². The van der Waals surface area contributed by atoms with E-state index in [1.54, 1.807) is 11.3 Å². The van der Waals surface area contributed by atoms with Gasteiger partial charge in [0, 0.05) is 30.1 Å². The van der Waals surface area contributed by atoms with E-state index in [4.69, 9.17) is 5.73 Å². The maximum atomic E-state index is 5.70. The molecule has 0 aliphatic heterocycles. The van der Waals surface area contributed by atoms with Gasteiger partial charge >= 0.3 is 0 Å². The van der Waals surface area contributed by atoms with Gasteiger partial charge in [0.1, 0.15) is 0 Å². The summed E-state index contributed by atoms with van der Waals surface area (Å²) >= 11 is 1.79. The molecule has 0 aliphatic carbocycles. The first-order chi connectivity index (χ1) is 6.58. The SMILES string of the molecule is C[C@H](N)CCc1ncc(CN(C)C)s1. The van der Waals surface area contributed by atoms with E-state index >= 15 is 0 Å². The lowest BCUT2D eigenvalue weighted by molar-refractivity contribution is 0.406. The monoisotopic (exact) mass is 213 g/mol. The Morgan fingerprint density at radius 3 is 2.86 bits per heavy atom. The number of nitrogens with two attached hydrogens (primary N) is 1. The van der Waals surface area contributed by atoms with Crippen molar-refractivity contribution in [3.63, 3.8) is 0 Å². The Balaban J connectivity index is 2.42. The molecule has 1 rings (SSSR count). The summed E-state index contributed by atoms with van der Waals surface area (Å²) in [6, 6.07) is 0.274. The molecular weight excluding hydrogens is 194 g/mol. The minimum Gasteiger partial charge on any atom is -0.328 e. The summed E-state index contributed by atoms with van der Waals surface area (Å²) in [6.45, 7) is 3.02. The number of rotatable bonds is 5. The second-order valence-corrected chi connectivity index (χ2v) is 5.17. The standard InChI is InChI=1S/C10H19N3S/c1-8(11)4-5-10-12-6-9(14-10)7-13(2)3/h6,8H,4-5,7,11H2,1-3H3/t8-/m0/s1. The van der Waals surface area contributed by atoms with Gasteiger partial charge in [-0.2, -0.15) is 0 Å². The Morgan fingerprint density at radius 1 is 1.57 bits per heavy atom. The van der Waals surface area contributed by atoms with Crippen LogP contribution in [0.15, 0.2) is 6.20 Å². The molecule has 3 nitrogen and oxygen atoms in total. The van der Waals surface area contributed by atoms with Crippen LogP contribution in [0.2, 0.25) is 0 Å². The molecule has 0 radical (unpaired) electrons. The molecule has 80 valence electrons. The zero-order valence-corrected chi connectivity index (χ0v) is 9.97. The van der Waals surface area contributed by atoms with Gasteiger partial charge in [-0.05, 0) is 27.4 Å². The molecule has 0 saturated carbocycles. The maximum absolute atomic E-state index is 5.70. The summed E-state index contributed by atoms with van der Waals surface area (Å²) in [6.07, 6.45) is 4.01. The molecule has 1 heterocycles. The fourth-order valence-corrected chi connectivity index (χ4v) is 2.26. The van der Waals surface area contributed by atoms with E-state index in [1.165, 1.54) is 9.88 Å². The average Bonchev–Trinajstić information content (AvgIpc) is 2.47. The zero-order chi connectivity index (χ0) is 10.6. The lowest BCUT2D eigenvalue weighted by Gasteiger charge is -2.05. The number of aromatic nitrogens is 1. The highest BCUT2D eigenvalue weighted by Crippen LogP contribution is 2.15. The van der Waals surface area contributed by atoms with Gasteiger partial charge in [0.15, 0.2) is 0 Å². The second kappa shape index (κ2) is 5.44. The van der Waals surface area contributed by atoms with Crippen LogP contribution < -0.4 is 5.73 Å². The van der Waals surface area contributed by atoms with E-state index in [0.29, 0.717) is 0 Å². The van der Waals surface area contributed by atoms with Crippen LogP contribution in [0, 0.1) is 0 Å². The highest BCUT2D eigenvalue weighted by Gasteiger charge is 2.04. The van der Waals surface area contributed by atoms with Crippen molar-refractivity contribution < 1.29 is 0 Å². The molecule has 0 bridgehead atoms. The predicted molar refractivity (Wildman–Crippen MR) is 61.5 cm³/mol. The van der Waals surface area contributed by atoms with Crippen LogP contribution in [-0.4, -0.2) is 30.0 Å². The largest absolute Gasteiger partial charge is 0.328 e. The first-order valence-electron chi connectivity index (χ1n) is 4.92. The van der Waals surface area contributed by atoms with Gasteiger partial charge in [0.25, 0.3) is 0 Å². The minimum atomic E-state index is 0.274. The third-order valence-corrected chi connectivity index (χ3v) is 2.93. The van der Waals surface area contributed by atoms with Crippen LogP contribution in [0.3, 0.4) is 0 Å². The molecular formula is C10H19N3S. The molecule has 0 spiro atoms. The summed E-state index contributed by atoms with van der Waals surface area (Å²) in [5, 5.41) is 1.21. The Bertz CT molecular complexity index is 268. The van der Waals surface area contributed by atoms with E-state index in [0.717, 1.165) is 19.4 Å². The van der Waals surface area contributed by atoms with Crippen LogP contribution in [0.25, 0.3) is 0 Å². The lowest BCUT2D eigenvalue weighted by Crippen LogP contribution is -2.15. The molecule has 0 amide bonds. The van der Waals surface area contributed by atoms with Gasteiger partial charge in [0.05, 0.1) is 5.01 Å². The summed E-state index contributed by atoms with van der Waals surface area (Å²) < 4.78 is 0. The normalized spacial score (nSPS) is 13.5. The number of hydrogen-bond acceptors (Lipinski definition) is 4. The molecule has 1 aromatic rings. The molecule has 4 heteroatoms. The van der Waals surface area contributed by atoms with Crippen molar-refractivity contribution in [2.45, 2.75) is 32.4 Å². The van der Waals surface area contributed by atoms with Crippen LogP contribution in [0.5, 0.6) is 0 Å². The maximum Gasteiger partial charge on any atom is 0.0928 e. The Labute approximate surface area is 89.9 Å². The third-order valence-electron chi connectivity index (χ3n) is 1.89. The second-order valence-electron chi connectivity index (χ2n) is 3.97. The number of nitrogens with zero attached hydrogens (tertiary/aromatic N) is 2. The van der Waals surface area contributed by atoms with Crippen LogP contribution in [0.1, 0.15) is 23.2 Å². The van der Waals surface area contributed by atoms with E-state index < -0.39 is 0 Å². The van der Waals surface area contributed by atoms with E-state index in [2.05, 4.69) is 24.0 Å². The van der Waals surface area contributed by atoms with Crippen molar-refractivity contribution in [1.82, 2.24) is 9.88 Å². The van der Waals surface area contributed by atoms with Crippen molar-refractivity contribution in [3.05, 3.63) is 16.1 Å². The van der Waals surface area contributed by atoms with Gasteiger partial charge in [-0.1, -0.05) is 0 Å². The Morgan fingerprint density at radius 2 is 2.29 bits per heavy atom. The summed E-state index contributed by atoms with van der Waals surface area (Å²) in [7, 11) is 4.14. The quantitative estimate of drug-likeness (QED) is 0.805. The molecule has 0 aromatic carbocycles. The van der Waals surface area contributed by atoms with E-state index in [9.17, 15) is 0 Å². The molecule has 1 atom stereocenters. The number of hydrogen-bond donors (Lipinski definition) is 1. The van der Waals surface area contributed by atoms with Crippen LogP contribution >= 0.6 is 11.3 Å². The van der Waals surface area contributed by atoms with Gasteiger partial charge < -0.3 is 10.6 Å². The Kier molecular flexibility index (Phi) is 4.51. The number of aryl methyl sites for hydroxylation is 1. The van der Waals surface area contributed by atoms with Gasteiger partial charge in [0.2, 0.25) is 0 Å². The fourth-order valence-electron chi connectivity index (χ4n) is 1.20. The van der Waals surface area contributed by atoms with Gasteiger partial charge in [-0.25, -0.2) is 4.98 Å². The molecule has 0 fully saturated rings. The van der Waals surface area contributed by atoms with E-state index in [-0.39, 0.29) is 6.04 Å². The molecule has 2 N–H and O–H groups in total. The van der Waals surface area contributed by atoms with Crippen molar-refractivity contribution >= 4 is 11.3 Å². The van der Waals surface area contributed by atoms with Gasteiger partial charge in [-0.3, -0.25) is 0 Å². The first-order valence-corrected chi connectivity index (χ1v) is 5.73. The fraction of sp³-hybridized carbons (Fsp3) is 0.700. The zero-order valence-electron chi connectivity index (χ0n) is 9.16. The molecule has 0 unspecified atom stereocenters. The predicted octanol–water partition coefficient (Wildman–Crippen LogP) is 1.48. The highest BCUT2D eigenvalue weighted by molar-refractivity contribution is 7.11. The third kappa shape index (κ3) is 4.17. The average molecular weight is 213 g/mol. The topological polar surface area (TPSA) is 42.1 Å².